The van der Waals surface area contributed by atoms with Gasteiger partial charge in [0.25, 0.3) is 5.91 Å². The predicted molar refractivity (Wildman–Crippen MR) is 186 cm³/mol. The Kier molecular flexibility index (Phi) is 8.99. The average Bonchev–Trinajstić information content (AvgIpc) is 3.46. The Morgan fingerprint density at radius 1 is 0.870 bits per heavy atom. The summed E-state index contributed by atoms with van der Waals surface area (Å²) < 4.78 is 8.04. The fourth-order valence-corrected chi connectivity index (χ4v) is 6.46. The van der Waals surface area contributed by atoms with Crippen LogP contribution in [0.15, 0.2) is 101 Å². The van der Waals surface area contributed by atoms with Gasteiger partial charge < -0.3 is 15.4 Å². The zero-order valence-corrected chi connectivity index (χ0v) is 28.0. The molecule has 0 saturated carbocycles. The van der Waals surface area contributed by atoms with Gasteiger partial charge in [0, 0.05) is 17.1 Å². The van der Waals surface area contributed by atoms with Crippen LogP contribution in [-0.2, 0) is 17.2 Å². The summed E-state index contributed by atoms with van der Waals surface area (Å²) in [6, 6.07) is 28.1. The van der Waals surface area contributed by atoms with E-state index in [-0.39, 0.29) is 5.91 Å². The first-order valence-electron chi connectivity index (χ1n) is 15.5. The molecule has 1 unspecified atom stereocenters. The molecule has 0 aliphatic carbocycles. The largest absolute Gasteiger partial charge is 0.489 e. The van der Waals surface area contributed by atoms with E-state index in [1.54, 1.807) is 11.8 Å². The van der Waals surface area contributed by atoms with Gasteiger partial charge in [0.2, 0.25) is 11.1 Å². The molecule has 2 N–H and O–H groups in total. The number of nitrogens with zero attached hydrogens (tertiary/aromatic N) is 3. The summed E-state index contributed by atoms with van der Waals surface area (Å²) in [4.78, 5) is 18.9. The number of thioether (sulfide) groups is 1. The van der Waals surface area contributed by atoms with Gasteiger partial charge in [-0.05, 0) is 104 Å². The normalized spacial score (nSPS) is 14.1. The number of hydrogen-bond donors (Lipinski definition) is 2. The zero-order chi connectivity index (χ0) is 32.4. The van der Waals surface area contributed by atoms with E-state index in [0.29, 0.717) is 23.3 Å². The van der Waals surface area contributed by atoms with Crippen LogP contribution in [0.2, 0.25) is 0 Å². The van der Waals surface area contributed by atoms with Gasteiger partial charge in [-0.25, -0.2) is 4.68 Å². The lowest BCUT2D eigenvalue weighted by Gasteiger charge is -2.29. The standard InChI is InChI=1S/C38H39N5O2S/c1-23-11-10-14-33(27(23)5)40-36(44)34-28(6)39-37-41-38(46-22-29-12-8-7-9-13-29)42-43(37)35(34)30-15-17-32(18-16-30)45-21-31-20-25(3)24(2)19-26(31)4/h7-20,35H,21-22H2,1-6H3,(H,40,44)(H,39,41,42). The van der Waals surface area contributed by atoms with E-state index in [1.165, 1.54) is 27.8 Å². The lowest BCUT2D eigenvalue weighted by molar-refractivity contribution is -0.113. The van der Waals surface area contributed by atoms with Crippen molar-refractivity contribution in [3.8, 4) is 5.75 Å². The van der Waals surface area contributed by atoms with Crippen molar-refractivity contribution in [3.63, 3.8) is 0 Å². The zero-order valence-electron chi connectivity index (χ0n) is 27.1. The molecule has 5 aromatic rings. The first kappa shape index (κ1) is 31.2. The summed E-state index contributed by atoms with van der Waals surface area (Å²) in [5.41, 5.74) is 11.3. The molecule has 0 bridgehead atoms. The second-order valence-corrected chi connectivity index (χ2v) is 12.9. The van der Waals surface area contributed by atoms with Crippen molar-refractivity contribution < 1.29 is 9.53 Å². The van der Waals surface area contributed by atoms with Crippen LogP contribution >= 0.6 is 11.8 Å². The molecule has 1 aliphatic rings. The Bertz CT molecular complexity index is 1930. The topological polar surface area (TPSA) is 81.1 Å². The molecule has 0 saturated heterocycles. The molecule has 1 aliphatic heterocycles. The van der Waals surface area contributed by atoms with E-state index in [2.05, 4.69) is 55.7 Å². The molecule has 0 fully saturated rings. The van der Waals surface area contributed by atoms with Crippen molar-refractivity contribution in [2.75, 3.05) is 10.6 Å². The van der Waals surface area contributed by atoms with Crippen LogP contribution in [0.25, 0.3) is 0 Å². The quantitative estimate of drug-likeness (QED) is 0.159. The second kappa shape index (κ2) is 13.3. The van der Waals surface area contributed by atoms with Gasteiger partial charge in [0.05, 0.1) is 5.57 Å². The number of aryl methyl sites for hydroxylation is 4. The van der Waals surface area contributed by atoms with Gasteiger partial charge in [0.1, 0.15) is 18.4 Å². The van der Waals surface area contributed by atoms with E-state index in [9.17, 15) is 4.79 Å². The highest BCUT2D eigenvalue weighted by atomic mass is 32.2. The van der Waals surface area contributed by atoms with Crippen LogP contribution in [0.5, 0.6) is 5.75 Å². The summed E-state index contributed by atoms with van der Waals surface area (Å²) in [5.74, 6) is 1.92. The van der Waals surface area contributed by atoms with E-state index in [0.717, 1.165) is 39.6 Å². The van der Waals surface area contributed by atoms with E-state index in [4.69, 9.17) is 14.8 Å². The molecule has 1 aromatic heterocycles. The number of fused-ring (bicyclic) bond motifs is 1. The van der Waals surface area contributed by atoms with E-state index >= 15 is 0 Å². The molecule has 8 heteroatoms. The molecular weight excluding hydrogens is 591 g/mol. The lowest BCUT2D eigenvalue weighted by atomic mass is 9.94. The van der Waals surface area contributed by atoms with Crippen molar-refractivity contribution in [2.24, 2.45) is 0 Å². The maximum atomic E-state index is 14.1. The van der Waals surface area contributed by atoms with Crippen LogP contribution in [-0.4, -0.2) is 20.7 Å². The third-order valence-corrected chi connectivity index (χ3v) is 9.59. The number of allylic oxidation sites excluding steroid dienone is 1. The van der Waals surface area contributed by atoms with Crippen molar-refractivity contribution in [1.29, 1.82) is 0 Å². The number of nitrogens with one attached hydrogen (secondary N) is 2. The van der Waals surface area contributed by atoms with Gasteiger partial charge in [-0.2, -0.15) is 4.98 Å². The lowest BCUT2D eigenvalue weighted by Crippen LogP contribution is -2.31. The number of anilines is 2. The molecule has 2 heterocycles. The Morgan fingerprint density at radius 3 is 2.37 bits per heavy atom. The molecular formula is C38H39N5O2S. The Labute approximate surface area is 275 Å². The number of rotatable bonds is 9. The van der Waals surface area contributed by atoms with Crippen molar-refractivity contribution in [1.82, 2.24) is 14.8 Å². The van der Waals surface area contributed by atoms with Crippen LogP contribution in [0.3, 0.4) is 0 Å². The van der Waals surface area contributed by atoms with Crippen molar-refractivity contribution >= 4 is 29.3 Å². The van der Waals surface area contributed by atoms with Gasteiger partial charge in [-0.15, -0.1) is 5.10 Å². The minimum Gasteiger partial charge on any atom is -0.489 e. The second-order valence-electron chi connectivity index (χ2n) is 11.9. The number of carbonyl (C=O) groups is 1. The fourth-order valence-electron chi connectivity index (χ4n) is 5.68. The summed E-state index contributed by atoms with van der Waals surface area (Å²) in [5, 5.41) is 12.1. The highest BCUT2D eigenvalue weighted by Gasteiger charge is 2.34. The molecule has 234 valence electrons. The number of carbonyl (C=O) groups excluding carboxylic acids is 1. The summed E-state index contributed by atoms with van der Waals surface area (Å²) in [7, 11) is 0. The molecule has 7 nitrogen and oxygen atoms in total. The third-order valence-electron chi connectivity index (χ3n) is 8.68. The fraction of sp³-hybridized carbons (Fsp3) is 0.237. The van der Waals surface area contributed by atoms with Gasteiger partial charge in [-0.3, -0.25) is 4.79 Å². The van der Waals surface area contributed by atoms with Crippen molar-refractivity contribution in [3.05, 3.63) is 141 Å². The first-order chi connectivity index (χ1) is 22.2. The Balaban J connectivity index is 1.30. The SMILES string of the molecule is CC1=C(C(=O)Nc2cccc(C)c2C)C(c2ccc(OCc3cc(C)c(C)cc3C)cc2)n2nc(SCc3ccccc3)nc2N1. The maximum Gasteiger partial charge on any atom is 0.255 e. The number of aromatic nitrogens is 3. The third kappa shape index (κ3) is 6.58. The monoisotopic (exact) mass is 629 g/mol. The Morgan fingerprint density at radius 2 is 1.61 bits per heavy atom. The smallest absolute Gasteiger partial charge is 0.255 e. The van der Waals surface area contributed by atoms with Crippen LogP contribution in [0, 0.1) is 34.6 Å². The number of benzene rings is 4. The molecule has 1 amide bonds. The van der Waals surface area contributed by atoms with Gasteiger partial charge in [0.15, 0.2) is 0 Å². The van der Waals surface area contributed by atoms with Gasteiger partial charge >= 0.3 is 0 Å². The molecule has 4 aromatic carbocycles. The van der Waals surface area contributed by atoms with Crippen LogP contribution in [0.1, 0.15) is 57.5 Å². The summed E-state index contributed by atoms with van der Waals surface area (Å²) in [6.07, 6.45) is 0. The number of amides is 1. The highest BCUT2D eigenvalue weighted by Crippen LogP contribution is 2.38. The molecule has 0 spiro atoms. The predicted octanol–water partition coefficient (Wildman–Crippen LogP) is 8.62. The Hall–Kier alpha value is -4.82. The molecule has 1 atom stereocenters. The summed E-state index contributed by atoms with van der Waals surface area (Å²) in [6.45, 7) is 12.8. The van der Waals surface area contributed by atoms with E-state index < -0.39 is 6.04 Å². The number of hydrogen-bond acceptors (Lipinski definition) is 6. The maximum absolute atomic E-state index is 14.1. The van der Waals surface area contributed by atoms with Crippen molar-refractivity contribution in [2.45, 2.75) is 65.1 Å². The molecule has 6 rings (SSSR count). The van der Waals surface area contributed by atoms with Crippen LogP contribution in [0.4, 0.5) is 11.6 Å². The first-order valence-corrected chi connectivity index (χ1v) is 16.4. The minimum atomic E-state index is -0.490. The molecule has 0 radical (unpaired) electrons. The van der Waals surface area contributed by atoms with E-state index in [1.807, 2.05) is 86.1 Å². The average molecular weight is 630 g/mol. The minimum absolute atomic E-state index is 0.186. The van der Waals surface area contributed by atoms with Gasteiger partial charge in [-0.1, -0.05) is 78.5 Å². The number of ether oxygens (including phenoxy) is 1. The highest BCUT2D eigenvalue weighted by molar-refractivity contribution is 7.98. The molecule has 46 heavy (non-hydrogen) atoms. The van der Waals surface area contributed by atoms with Crippen LogP contribution < -0.4 is 15.4 Å². The summed E-state index contributed by atoms with van der Waals surface area (Å²) >= 11 is 1.57.